The van der Waals surface area contributed by atoms with Crippen molar-refractivity contribution in [1.82, 2.24) is 4.90 Å². The molecule has 1 aliphatic heterocycles. The van der Waals surface area contributed by atoms with E-state index in [4.69, 9.17) is 0 Å². The van der Waals surface area contributed by atoms with Crippen molar-refractivity contribution >= 4 is 21.6 Å². The third kappa shape index (κ3) is 3.61. The van der Waals surface area contributed by atoms with Gasteiger partial charge in [-0.25, -0.2) is 8.42 Å². The lowest BCUT2D eigenvalue weighted by atomic mass is 10.1. The molecule has 0 aromatic heterocycles. The maximum Gasteiger partial charge on any atom is 0.246 e. The molecule has 0 N–H and O–H groups in total. The molecule has 1 heterocycles. The molecule has 6 heteroatoms. The average molecular weight is 324 g/mol. The van der Waals surface area contributed by atoms with Gasteiger partial charge in [0.1, 0.15) is 6.04 Å². The van der Waals surface area contributed by atoms with Crippen molar-refractivity contribution in [2.75, 3.05) is 23.7 Å². The molecule has 2 rings (SSSR count). The topological polar surface area (TPSA) is 57.7 Å². The molecule has 0 aliphatic carbocycles. The Bertz CT molecular complexity index is 637. The van der Waals surface area contributed by atoms with Crippen LogP contribution in [0.3, 0.4) is 0 Å². The number of rotatable bonds is 5. The van der Waals surface area contributed by atoms with Crippen LogP contribution in [0.4, 0.5) is 5.69 Å². The van der Waals surface area contributed by atoms with Crippen molar-refractivity contribution in [3.05, 3.63) is 29.8 Å². The van der Waals surface area contributed by atoms with Gasteiger partial charge in [-0.3, -0.25) is 9.10 Å². The van der Waals surface area contributed by atoms with Crippen LogP contribution < -0.4 is 4.31 Å². The molecule has 5 nitrogen and oxygen atoms in total. The molecule has 1 amide bonds. The smallest absolute Gasteiger partial charge is 0.246 e. The predicted octanol–water partition coefficient (Wildman–Crippen LogP) is 2.16. The first-order chi connectivity index (χ1) is 10.3. The first-order valence-corrected chi connectivity index (χ1v) is 9.54. The molecule has 1 fully saturated rings. The molecule has 22 heavy (non-hydrogen) atoms. The van der Waals surface area contributed by atoms with E-state index in [2.05, 4.69) is 0 Å². The van der Waals surface area contributed by atoms with Gasteiger partial charge in [-0.05, 0) is 43.9 Å². The van der Waals surface area contributed by atoms with E-state index < -0.39 is 16.1 Å². The van der Waals surface area contributed by atoms with Crippen molar-refractivity contribution in [1.29, 1.82) is 0 Å². The molecule has 0 saturated carbocycles. The molecule has 1 aliphatic rings. The van der Waals surface area contributed by atoms with Crippen LogP contribution in [0.2, 0.25) is 0 Å². The van der Waals surface area contributed by atoms with E-state index in [-0.39, 0.29) is 5.91 Å². The van der Waals surface area contributed by atoms with E-state index in [0.29, 0.717) is 12.1 Å². The lowest BCUT2D eigenvalue weighted by Crippen LogP contribution is -2.50. The zero-order valence-corrected chi connectivity index (χ0v) is 14.3. The second-order valence-electron chi connectivity index (χ2n) is 5.85. The van der Waals surface area contributed by atoms with Crippen molar-refractivity contribution in [3.8, 4) is 0 Å². The number of benzene rings is 1. The van der Waals surface area contributed by atoms with Gasteiger partial charge in [-0.2, -0.15) is 0 Å². The van der Waals surface area contributed by atoms with E-state index in [1.165, 1.54) is 4.31 Å². The number of aryl methyl sites for hydroxylation is 1. The van der Waals surface area contributed by atoms with Crippen molar-refractivity contribution < 1.29 is 13.2 Å². The minimum atomic E-state index is -3.53. The van der Waals surface area contributed by atoms with E-state index in [1.807, 2.05) is 26.0 Å². The van der Waals surface area contributed by atoms with Crippen LogP contribution in [0.25, 0.3) is 0 Å². The Morgan fingerprint density at radius 3 is 2.45 bits per heavy atom. The maximum absolute atomic E-state index is 12.7. The highest BCUT2D eigenvalue weighted by atomic mass is 32.2. The summed E-state index contributed by atoms with van der Waals surface area (Å²) in [7, 11) is -3.53. The van der Waals surface area contributed by atoms with Crippen molar-refractivity contribution in [2.24, 2.45) is 0 Å². The van der Waals surface area contributed by atoms with Crippen molar-refractivity contribution in [3.63, 3.8) is 0 Å². The third-order valence-corrected chi connectivity index (χ3v) is 5.17. The van der Waals surface area contributed by atoms with Crippen LogP contribution in [0, 0.1) is 6.92 Å². The fourth-order valence-corrected chi connectivity index (χ4v) is 4.15. The molecule has 0 bridgehead atoms. The Labute approximate surface area is 133 Å². The lowest BCUT2D eigenvalue weighted by molar-refractivity contribution is -0.131. The predicted molar refractivity (Wildman–Crippen MR) is 88.4 cm³/mol. The maximum atomic E-state index is 12.7. The number of likely N-dealkylation sites (tertiary alicyclic amines) is 1. The molecular formula is C16H24N2O3S. The first-order valence-electron chi connectivity index (χ1n) is 7.69. The molecular weight excluding hydrogens is 300 g/mol. The summed E-state index contributed by atoms with van der Waals surface area (Å²) in [6, 6.07) is 6.60. The quantitative estimate of drug-likeness (QED) is 0.834. The first kappa shape index (κ1) is 16.8. The van der Waals surface area contributed by atoms with E-state index in [9.17, 15) is 13.2 Å². The van der Waals surface area contributed by atoms with Gasteiger partial charge in [0.25, 0.3) is 0 Å². The Morgan fingerprint density at radius 1 is 1.32 bits per heavy atom. The highest BCUT2D eigenvalue weighted by molar-refractivity contribution is 7.92. The number of nitrogens with zero attached hydrogens (tertiary/aromatic N) is 2. The zero-order valence-electron chi connectivity index (χ0n) is 13.4. The number of carbonyl (C=O) groups excluding carboxylic acids is 1. The van der Waals surface area contributed by atoms with Gasteiger partial charge in [0.05, 0.1) is 11.9 Å². The van der Waals surface area contributed by atoms with Gasteiger partial charge in [0.15, 0.2) is 0 Å². The molecule has 122 valence electrons. The fourth-order valence-electron chi connectivity index (χ4n) is 2.96. The van der Waals surface area contributed by atoms with Crippen LogP contribution in [0.5, 0.6) is 0 Å². The number of hydrogen-bond acceptors (Lipinski definition) is 3. The third-order valence-electron chi connectivity index (χ3n) is 3.99. The summed E-state index contributed by atoms with van der Waals surface area (Å²) in [5, 5.41) is 0. The van der Waals surface area contributed by atoms with Crippen LogP contribution in [-0.4, -0.2) is 44.6 Å². The van der Waals surface area contributed by atoms with E-state index in [1.54, 1.807) is 17.0 Å². The van der Waals surface area contributed by atoms with Gasteiger partial charge >= 0.3 is 0 Å². The second-order valence-corrected chi connectivity index (χ2v) is 7.71. The minimum Gasteiger partial charge on any atom is -0.341 e. The summed E-state index contributed by atoms with van der Waals surface area (Å²) in [5.41, 5.74) is 1.52. The number of amides is 1. The van der Waals surface area contributed by atoms with Crippen LogP contribution in [-0.2, 0) is 14.8 Å². The van der Waals surface area contributed by atoms with Crippen LogP contribution in [0.15, 0.2) is 24.3 Å². The lowest BCUT2D eigenvalue weighted by Gasteiger charge is -2.32. The molecule has 0 spiro atoms. The fraction of sp³-hybridized carbons (Fsp3) is 0.562. The number of hydrogen-bond donors (Lipinski definition) is 0. The van der Waals surface area contributed by atoms with Gasteiger partial charge in [0.2, 0.25) is 15.9 Å². The van der Waals surface area contributed by atoms with Gasteiger partial charge in [0, 0.05) is 13.1 Å². The largest absolute Gasteiger partial charge is 0.341 e. The molecule has 0 unspecified atom stereocenters. The summed E-state index contributed by atoms with van der Waals surface area (Å²) in [4.78, 5) is 14.5. The summed E-state index contributed by atoms with van der Waals surface area (Å²) >= 11 is 0. The number of carbonyl (C=O) groups is 1. The summed E-state index contributed by atoms with van der Waals surface area (Å²) < 4.78 is 25.9. The van der Waals surface area contributed by atoms with Gasteiger partial charge in [-0.1, -0.05) is 19.1 Å². The minimum absolute atomic E-state index is 0.0908. The van der Waals surface area contributed by atoms with Crippen LogP contribution in [0.1, 0.15) is 31.7 Å². The molecule has 1 aromatic carbocycles. The number of anilines is 1. The highest BCUT2D eigenvalue weighted by Crippen LogP contribution is 2.25. The summed E-state index contributed by atoms with van der Waals surface area (Å²) in [6.45, 7) is 5.21. The highest BCUT2D eigenvalue weighted by Gasteiger charge is 2.34. The monoisotopic (exact) mass is 324 g/mol. The van der Waals surface area contributed by atoms with Gasteiger partial charge in [-0.15, -0.1) is 0 Å². The average Bonchev–Trinajstić information content (AvgIpc) is 2.96. The molecule has 1 saturated heterocycles. The summed E-state index contributed by atoms with van der Waals surface area (Å²) in [6.07, 6.45) is 3.60. The van der Waals surface area contributed by atoms with E-state index in [0.717, 1.165) is 37.8 Å². The normalized spacial score (nSPS) is 16.6. The number of sulfonamides is 1. The van der Waals surface area contributed by atoms with Crippen LogP contribution >= 0.6 is 0 Å². The van der Waals surface area contributed by atoms with Gasteiger partial charge < -0.3 is 4.90 Å². The summed E-state index contributed by atoms with van der Waals surface area (Å²) in [5.74, 6) is -0.0908. The Morgan fingerprint density at radius 2 is 1.95 bits per heavy atom. The SMILES string of the molecule is CC[C@@H](C(=O)N1CCCC1)N(c1cccc(C)c1)S(C)(=O)=O. The Hall–Kier alpha value is -1.56. The van der Waals surface area contributed by atoms with Crippen molar-refractivity contribution in [2.45, 2.75) is 39.2 Å². The Balaban J connectivity index is 2.40. The standard InChI is InChI=1S/C16H24N2O3S/c1-4-15(16(19)17-10-5-6-11-17)18(22(3,20)21)14-9-7-8-13(2)12-14/h7-9,12,15H,4-6,10-11H2,1-3H3/t15-/m0/s1. The zero-order chi connectivity index (χ0) is 16.3. The Kier molecular flexibility index (Phi) is 5.11. The molecule has 1 atom stereocenters. The molecule has 0 radical (unpaired) electrons. The molecule has 1 aromatic rings. The second kappa shape index (κ2) is 6.69. The van der Waals surface area contributed by atoms with E-state index >= 15 is 0 Å².